The fourth-order valence-corrected chi connectivity index (χ4v) is 8.08. The molecule has 2 atom stereocenters. The Kier molecular flexibility index (Phi) is 18.2. The van der Waals surface area contributed by atoms with E-state index < -0.39 is 0 Å². The summed E-state index contributed by atoms with van der Waals surface area (Å²) < 4.78 is 17.5. The van der Waals surface area contributed by atoms with E-state index in [-0.39, 0.29) is 24.4 Å². The summed E-state index contributed by atoms with van der Waals surface area (Å²) in [5, 5.41) is 41.0. The first-order chi connectivity index (χ1) is 32.1. The van der Waals surface area contributed by atoms with Crippen molar-refractivity contribution in [2.24, 2.45) is 0 Å². The van der Waals surface area contributed by atoms with Crippen LogP contribution < -0.4 is 30.2 Å². The Morgan fingerprint density at radius 1 is 0.409 bits per heavy atom. The zero-order valence-electron chi connectivity index (χ0n) is 36.2. The zero-order chi connectivity index (χ0) is 46.1. The van der Waals surface area contributed by atoms with E-state index in [1.54, 1.807) is 91.4 Å². The van der Waals surface area contributed by atoms with Crippen LogP contribution in [0, 0.1) is 0 Å². The third-order valence-corrected chi connectivity index (χ3v) is 12.0. The van der Waals surface area contributed by atoms with Crippen LogP contribution in [0.4, 0.5) is 17.5 Å². The van der Waals surface area contributed by atoms with Gasteiger partial charge in [-0.3, -0.25) is 0 Å². The second kappa shape index (κ2) is 24.8. The number of ether oxygens (including phenoxy) is 3. The number of rotatable bonds is 12. The van der Waals surface area contributed by atoms with Crippen LogP contribution in [0.25, 0.3) is 0 Å². The summed E-state index contributed by atoms with van der Waals surface area (Å²) in [6, 6.07) is 22.2. The highest BCUT2D eigenvalue weighted by Crippen LogP contribution is 2.33. The number of nitrogens with zero attached hydrogens (tertiary/aromatic N) is 6. The average molecular weight is 959 g/mol. The standard InChI is InChI=1S/3C16H18ClN3O2/c2*17-11-1-7-14(8-2-11)22-15-9-18-10-19-16(15)20-12-3-5-13(21)6-4-12;17-11-4-6-14(7-5-11)22-15-9-18-10-19-16(15)20-12-2-1-3-13(21)8-12/h2*1-2,7-10,12-13,21H,3-6H2,(H,18,19,20);4-7,9-10,12-13,21H,1-3,8H2,(H,18,19,20)/t;;12-,13+/m..0/s1. The largest absolute Gasteiger partial charge is 0.452 e. The minimum atomic E-state index is -0.242. The maximum absolute atomic E-state index is 9.77. The summed E-state index contributed by atoms with van der Waals surface area (Å²) >= 11 is 17.6. The third-order valence-electron chi connectivity index (χ3n) is 11.2. The first-order valence-corrected chi connectivity index (χ1v) is 23.3. The Hall–Kier alpha value is -5.55. The molecule has 6 aromatic rings. The highest BCUT2D eigenvalue weighted by Gasteiger charge is 2.24. The van der Waals surface area contributed by atoms with E-state index in [9.17, 15) is 15.3 Å². The van der Waals surface area contributed by atoms with E-state index in [2.05, 4.69) is 45.9 Å². The number of halogens is 3. The van der Waals surface area contributed by atoms with Gasteiger partial charge in [0.05, 0.1) is 36.9 Å². The Bertz CT molecular complexity index is 2260. The van der Waals surface area contributed by atoms with E-state index in [0.29, 0.717) is 79.1 Å². The molecule has 15 nitrogen and oxygen atoms in total. The number of nitrogens with one attached hydrogen (secondary N) is 3. The van der Waals surface area contributed by atoms with Gasteiger partial charge in [0.25, 0.3) is 0 Å². The fraction of sp³-hybridized carbons (Fsp3) is 0.375. The van der Waals surface area contributed by atoms with Gasteiger partial charge in [0.1, 0.15) is 36.2 Å². The number of aromatic nitrogens is 6. The first kappa shape index (κ1) is 48.4. The monoisotopic (exact) mass is 957 g/mol. The summed E-state index contributed by atoms with van der Waals surface area (Å²) in [6.45, 7) is 0. The van der Waals surface area contributed by atoms with Gasteiger partial charge in [-0.1, -0.05) is 34.8 Å². The Morgan fingerprint density at radius 3 is 1.08 bits per heavy atom. The van der Waals surface area contributed by atoms with Gasteiger partial charge in [-0.25, -0.2) is 29.9 Å². The van der Waals surface area contributed by atoms with Crippen molar-refractivity contribution in [2.75, 3.05) is 16.0 Å². The molecule has 3 aliphatic carbocycles. The number of hydrogen-bond donors (Lipinski definition) is 6. The van der Waals surface area contributed by atoms with E-state index in [1.807, 2.05) is 0 Å². The van der Waals surface area contributed by atoms with Gasteiger partial charge in [0, 0.05) is 33.2 Å². The molecule has 66 heavy (non-hydrogen) atoms. The zero-order valence-corrected chi connectivity index (χ0v) is 38.5. The van der Waals surface area contributed by atoms with Crippen LogP contribution in [0.3, 0.4) is 0 Å². The lowest BCUT2D eigenvalue weighted by Crippen LogP contribution is -2.30. The van der Waals surface area contributed by atoms with Crippen molar-refractivity contribution in [2.45, 2.75) is 113 Å². The molecule has 348 valence electrons. The Morgan fingerprint density at radius 2 is 0.742 bits per heavy atom. The molecule has 3 aromatic heterocycles. The van der Waals surface area contributed by atoms with Crippen LogP contribution in [0.2, 0.25) is 15.1 Å². The molecule has 0 aliphatic heterocycles. The van der Waals surface area contributed by atoms with E-state index >= 15 is 0 Å². The molecule has 0 unspecified atom stereocenters. The van der Waals surface area contributed by atoms with Gasteiger partial charge >= 0.3 is 0 Å². The van der Waals surface area contributed by atoms with Gasteiger partial charge in [-0.2, -0.15) is 0 Å². The first-order valence-electron chi connectivity index (χ1n) is 22.2. The molecule has 0 amide bonds. The van der Waals surface area contributed by atoms with Crippen molar-refractivity contribution in [3.63, 3.8) is 0 Å². The van der Waals surface area contributed by atoms with E-state index in [0.717, 1.165) is 77.0 Å². The van der Waals surface area contributed by atoms with Crippen molar-refractivity contribution in [3.8, 4) is 34.5 Å². The van der Waals surface area contributed by atoms with Gasteiger partial charge in [0.15, 0.2) is 34.7 Å². The molecule has 3 aromatic carbocycles. The van der Waals surface area contributed by atoms with Crippen LogP contribution in [0.1, 0.15) is 77.0 Å². The number of anilines is 3. The minimum absolute atomic E-state index is 0.173. The van der Waals surface area contributed by atoms with E-state index in [1.165, 1.54) is 19.0 Å². The van der Waals surface area contributed by atoms with Crippen molar-refractivity contribution in [3.05, 3.63) is 125 Å². The van der Waals surface area contributed by atoms with Gasteiger partial charge in [-0.05, 0) is 150 Å². The molecule has 0 saturated heterocycles. The molecule has 3 aliphatic rings. The molecular weight excluding hydrogens is 905 g/mol. The molecule has 0 radical (unpaired) electrons. The van der Waals surface area contributed by atoms with Crippen molar-refractivity contribution >= 4 is 52.3 Å². The van der Waals surface area contributed by atoms with E-state index in [4.69, 9.17) is 49.0 Å². The van der Waals surface area contributed by atoms with Crippen LogP contribution in [0.15, 0.2) is 110 Å². The molecule has 0 spiro atoms. The normalized spacial score (nSPS) is 21.4. The lowest BCUT2D eigenvalue weighted by atomic mass is 9.93. The van der Waals surface area contributed by atoms with Gasteiger partial charge in [0.2, 0.25) is 0 Å². The molecular formula is C48H54Cl3N9O6. The predicted octanol–water partition coefficient (Wildman–Crippen LogP) is 10.9. The molecule has 3 saturated carbocycles. The smallest absolute Gasteiger partial charge is 0.187 e. The highest BCUT2D eigenvalue weighted by atomic mass is 35.5. The number of hydrogen-bond acceptors (Lipinski definition) is 15. The molecule has 9 rings (SSSR count). The lowest BCUT2D eigenvalue weighted by molar-refractivity contribution is 0.124. The molecule has 3 fully saturated rings. The van der Waals surface area contributed by atoms with Crippen molar-refractivity contribution < 1.29 is 29.5 Å². The average Bonchev–Trinajstić information content (AvgIpc) is 3.32. The van der Waals surface area contributed by atoms with Crippen LogP contribution in [0.5, 0.6) is 34.5 Å². The maximum Gasteiger partial charge on any atom is 0.187 e. The molecule has 6 N–H and O–H groups in total. The third kappa shape index (κ3) is 15.5. The summed E-state index contributed by atoms with van der Waals surface area (Å²) in [5.41, 5.74) is 0. The number of aliphatic hydroxyl groups is 3. The maximum atomic E-state index is 9.77. The molecule has 3 heterocycles. The van der Waals surface area contributed by atoms with Crippen LogP contribution >= 0.6 is 34.8 Å². The van der Waals surface area contributed by atoms with Crippen molar-refractivity contribution in [1.82, 2.24) is 29.9 Å². The quantitative estimate of drug-likeness (QED) is 0.0676. The minimum Gasteiger partial charge on any atom is -0.452 e. The SMILES string of the molecule is OC1CCC(Nc2ncncc2Oc2ccc(Cl)cc2)CC1.OC1CCC(Nc2ncncc2Oc2ccc(Cl)cc2)CC1.O[C@@H]1CCC[C@H](Nc2ncncc2Oc2ccc(Cl)cc2)C1. The highest BCUT2D eigenvalue weighted by molar-refractivity contribution is 6.31. The second-order valence-corrected chi connectivity index (χ2v) is 17.6. The lowest BCUT2D eigenvalue weighted by Gasteiger charge is -2.27. The second-order valence-electron chi connectivity index (χ2n) is 16.3. The fourth-order valence-electron chi connectivity index (χ4n) is 7.70. The Balaban J connectivity index is 0.000000147. The molecule has 0 bridgehead atoms. The topological polar surface area (TPSA) is 202 Å². The predicted molar refractivity (Wildman–Crippen MR) is 256 cm³/mol. The van der Waals surface area contributed by atoms with Crippen LogP contribution in [-0.2, 0) is 0 Å². The summed E-state index contributed by atoms with van der Waals surface area (Å²) in [7, 11) is 0. The van der Waals surface area contributed by atoms with Crippen molar-refractivity contribution in [1.29, 1.82) is 0 Å². The molecule has 18 heteroatoms. The number of aliphatic hydroxyl groups excluding tert-OH is 3. The Labute approximate surface area is 399 Å². The number of benzene rings is 3. The summed E-state index contributed by atoms with van der Waals surface area (Å²) in [6.07, 6.45) is 19.4. The van der Waals surface area contributed by atoms with Crippen LogP contribution in [-0.4, -0.2) is 81.7 Å². The van der Waals surface area contributed by atoms with Gasteiger partial charge in [-0.15, -0.1) is 0 Å². The summed E-state index contributed by atoms with van der Waals surface area (Å²) in [5.74, 6) is 5.74. The summed E-state index contributed by atoms with van der Waals surface area (Å²) in [4.78, 5) is 24.9. The van der Waals surface area contributed by atoms with Gasteiger partial charge < -0.3 is 45.5 Å².